The summed E-state index contributed by atoms with van der Waals surface area (Å²) in [5.41, 5.74) is 2.34. The first-order valence-corrected chi connectivity index (χ1v) is 7.75. The number of para-hydroxylation sites is 1. The van der Waals surface area contributed by atoms with Crippen LogP contribution in [-0.4, -0.2) is 36.9 Å². The van der Waals surface area contributed by atoms with Gasteiger partial charge in [-0.05, 0) is 37.8 Å². The molecule has 1 saturated heterocycles. The number of amides is 2. The SMILES string of the molecule is CCN1CCCCC1=O.CN1C(=O)CCc2ccccc21. The Balaban J connectivity index is 0.000000161. The van der Waals surface area contributed by atoms with Crippen molar-refractivity contribution in [1.82, 2.24) is 4.90 Å². The van der Waals surface area contributed by atoms with Gasteiger partial charge in [0.05, 0.1) is 0 Å². The minimum atomic E-state index is 0.216. The van der Waals surface area contributed by atoms with Crippen molar-refractivity contribution in [3.63, 3.8) is 0 Å². The second-order valence-electron chi connectivity index (χ2n) is 5.51. The summed E-state index contributed by atoms with van der Waals surface area (Å²) in [7, 11) is 1.83. The zero-order valence-corrected chi connectivity index (χ0v) is 13.0. The van der Waals surface area contributed by atoms with E-state index in [1.54, 1.807) is 4.90 Å². The van der Waals surface area contributed by atoms with Gasteiger partial charge in [0.2, 0.25) is 11.8 Å². The first kappa shape index (κ1) is 15.5. The fourth-order valence-electron chi connectivity index (χ4n) is 2.79. The van der Waals surface area contributed by atoms with Crippen molar-refractivity contribution in [2.24, 2.45) is 0 Å². The maximum atomic E-state index is 11.3. The molecule has 3 rings (SSSR count). The zero-order chi connectivity index (χ0) is 15.2. The maximum absolute atomic E-state index is 11.3. The molecule has 0 spiro atoms. The Hall–Kier alpha value is -1.84. The number of carbonyl (C=O) groups excluding carboxylic acids is 2. The molecule has 1 aromatic rings. The first-order chi connectivity index (χ1) is 10.1. The lowest BCUT2D eigenvalue weighted by Crippen LogP contribution is -2.34. The molecule has 2 aliphatic rings. The van der Waals surface area contributed by atoms with Crippen LogP contribution >= 0.6 is 0 Å². The molecular weight excluding hydrogens is 264 g/mol. The number of rotatable bonds is 1. The molecule has 2 amide bonds. The molecule has 1 aromatic carbocycles. The Labute approximate surface area is 126 Å². The van der Waals surface area contributed by atoms with Crippen LogP contribution in [0.25, 0.3) is 0 Å². The fourth-order valence-corrected chi connectivity index (χ4v) is 2.79. The highest BCUT2D eigenvalue weighted by molar-refractivity contribution is 5.95. The summed E-state index contributed by atoms with van der Waals surface area (Å²) in [4.78, 5) is 25.9. The van der Waals surface area contributed by atoms with Crippen LogP contribution in [0.4, 0.5) is 5.69 Å². The van der Waals surface area contributed by atoms with Gasteiger partial charge in [-0.3, -0.25) is 9.59 Å². The van der Waals surface area contributed by atoms with Crippen molar-refractivity contribution in [3.8, 4) is 0 Å². The van der Waals surface area contributed by atoms with E-state index in [0.717, 1.165) is 38.0 Å². The van der Waals surface area contributed by atoms with E-state index in [2.05, 4.69) is 6.07 Å². The smallest absolute Gasteiger partial charge is 0.227 e. The lowest BCUT2D eigenvalue weighted by Gasteiger charge is -2.25. The van der Waals surface area contributed by atoms with Gasteiger partial charge in [0.1, 0.15) is 0 Å². The number of hydrogen-bond acceptors (Lipinski definition) is 2. The highest BCUT2D eigenvalue weighted by atomic mass is 16.2. The Morgan fingerprint density at radius 1 is 1.00 bits per heavy atom. The number of likely N-dealkylation sites (tertiary alicyclic amines) is 1. The van der Waals surface area contributed by atoms with Crippen LogP contribution in [0.2, 0.25) is 0 Å². The van der Waals surface area contributed by atoms with Crippen LogP contribution in [0.5, 0.6) is 0 Å². The molecule has 0 bridgehead atoms. The third-order valence-electron chi connectivity index (χ3n) is 4.14. The molecule has 0 atom stereocenters. The summed E-state index contributed by atoms with van der Waals surface area (Å²) in [6.45, 7) is 3.90. The minimum Gasteiger partial charge on any atom is -0.343 e. The lowest BCUT2D eigenvalue weighted by atomic mass is 10.0. The van der Waals surface area contributed by atoms with Gasteiger partial charge < -0.3 is 9.80 Å². The highest BCUT2D eigenvalue weighted by Crippen LogP contribution is 2.25. The van der Waals surface area contributed by atoms with Crippen LogP contribution < -0.4 is 4.90 Å². The van der Waals surface area contributed by atoms with E-state index < -0.39 is 0 Å². The van der Waals surface area contributed by atoms with Crippen molar-refractivity contribution in [2.45, 2.75) is 39.0 Å². The standard InChI is InChI=1S/C10H11NO.C7H13NO/c1-11-9-5-3-2-4-8(9)6-7-10(11)12;1-2-8-6-4-3-5-7(8)9/h2-5H,6-7H2,1H3;2-6H2,1H3. The van der Waals surface area contributed by atoms with Crippen molar-refractivity contribution in [1.29, 1.82) is 0 Å². The summed E-state index contributed by atoms with van der Waals surface area (Å²) in [6.07, 6.45) is 4.59. The monoisotopic (exact) mass is 288 g/mol. The molecule has 0 N–H and O–H groups in total. The average Bonchev–Trinajstić information content (AvgIpc) is 2.52. The number of anilines is 1. The van der Waals surface area contributed by atoms with Gasteiger partial charge in [-0.25, -0.2) is 0 Å². The Kier molecular flexibility index (Phi) is 5.37. The van der Waals surface area contributed by atoms with Crippen molar-refractivity contribution < 1.29 is 9.59 Å². The number of fused-ring (bicyclic) bond motifs is 1. The molecule has 0 aromatic heterocycles. The Bertz CT molecular complexity index is 513. The van der Waals surface area contributed by atoms with Crippen LogP contribution in [0, 0.1) is 0 Å². The van der Waals surface area contributed by atoms with Gasteiger partial charge in [-0.2, -0.15) is 0 Å². The summed E-state index contributed by atoms with van der Waals surface area (Å²) in [5, 5.41) is 0. The molecule has 1 fully saturated rings. The van der Waals surface area contributed by atoms with Gasteiger partial charge in [-0.1, -0.05) is 18.2 Å². The fraction of sp³-hybridized carbons (Fsp3) is 0.529. The lowest BCUT2D eigenvalue weighted by molar-refractivity contribution is -0.133. The molecule has 4 heteroatoms. The van der Waals surface area contributed by atoms with E-state index >= 15 is 0 Å². The third kappa shape index (κ3) is 3.84. The Morgan fingerprint density at radius 3 is 2.43 bits per heavy atom. The molecule has 21 heavy (non-hydrogen) atoms. The number of aryl methyl sites for hydroxylation is 1. The Morgan fingerprint density at radius 2 is 1.76 bits per heavy atom. The normalized spacial score (nSPS) is 18.0. The third-order valence-corrected chi connectivity index (χ3v) is 4.14. The van der Waals surface area contributed by atoms with Gasteiger partial charge in [-0.15, -0.1) is 0 Å². The van der Waals surface area contributed by atoms with Crippen LogP contribution in [0.3, 0.4) is 0 Å². The number of benzene rings is 1. The number of nitrogens with zero attached hydrogens (tertiary/aromatic N) is 2. The highest BCUT2D eigenvalue weighted by Gasteiger charge is 2.19. The number of piperidine rings is 1. The zero-order valence-electron chi connectivity index (χ0n) is 13.0. The molecule has 114 valence electrons. The molecular formula is C17H24N2O2. The van der Waals surface area contributed by atoms with E-state index in [1.807, 2.05) is 37.1 Å². The average molecular weight is 288 g/mol. The topological polar surface area (TPSA) is 40.6 Å². The van der Waals surface area contributed by atoms with Gasteiger partial charge >= 0.3 is 0 Å². The molecule has 0 unspecified atom stereocenters. The van der Waals surface area contributed by atoms with Crippen LogP contribution in [0.15, 0.2) is 24.3 Å². The predicted molar refractivity (Wildman–Crippen MR) is 84.3 cm³/mol. The first-order valence-electron chi connectivity index (χ1n) is 7.75. The van der Waals surface area contributed by atoms with Crippen molar-refractivity contribution >= 4 is 17.5 Å². The maximum Gasteiger partial charge on any atom is 0.227 e. The second-order valence-corrected chi connectivity index (χ2v) is 5.51. The van der Waals surface area contributed by atoms with Gasteiger partial charge in [0.25, 0.3) is 0 Å². The van der Waals surface area contributed by atoms with E-state index in [4.69, 9.17) is 0 Å². The van der Waals surface area contributed by atoms with Gasteiger partial charge in [0.15, 0.2) is 0 Å². The molecule has 2 aliphatic heterocycles. The van der Waals surface area contributed by atoms with Crippen LogP contribution in [-0.2, 0) is 16.0 Å². The van der Waals surface area contributed by atoms with Crippen LogP contribution in [0.1, 0.15) is 38.2 Å². The largest absolute Gasteiger partial charge is 0.343 e. The summed E-state index contributed by atoms with van der Waals surface area (Å²) < 4.78 is 0. The summed E-state index contributed by atoms with van der Waals surface area (Å²) >= 11 is 0. The second kappa shape index (κ2) is 7.25. The van der Waals surface area contributed by atoms with Crippen molar-refractivity contribution in [3.05, 3.63) is 29.8 Å². The number of hydrogen-bond donors (Lipinski definition) is 0. The van der Waals surface area contributed by atoms with E-state index in [9.17, 15) is 9.59 Å². The molecule has 2 heterocycles. The molecule has 0 radical (unpaired) electrons. The minimum absolute atomic E-state index is 0.216. The molecule has 4 nitrogen and oxygen atoms in total. The van der Waals surface area contributed by atoms with E-state index in [1.165, 1.54) is 12.0 Å². The predicted octanol–water partition coefficient (Wildman–Crippen LogP) is 2.61. The summed E-state index contributed by atoms with van der Waals surface area (Å²) in [6, 6.07) is 8.06. The summed E-state index contributed by atoms with van der Waals surface area (Å²) in [5.74, 6) is 0.553. The van der Waals surface area contributed by atoms with Gasteiger partial charge in [0, 0.05) is 38.7 Å². The quantitative estimate of drug-likeness (QED) is 0.797. The van der Waals surface area contributed by atoms with E-state index in [0.29, 0.717) is 12.3 Å². The van der Waals surface area contributed by atoms with Crippen molar-refractivity contribution in [2.75, 3.05) is 25.0 Å². The molecule has 0 aliphatic carbocycles. The molecule has 0 saturated carbocycles. The van der Waals surface area contributed by atoms with E-state index in [-0.39, 0.29) is 5.91 Å². The number of carbonyl (C=O) groups is 2.